The maximum atomic E-state index is 10.5. The summed E-state index contributed by atoms with van der Waals surface area (Å²) in [6.07, 6.45) is 2.14. The van der Waals surface area contributed by atoms with Crippen LogP contribution in [0.15, 0.2) is 0 Å². The molecule has 0 aromatic carbocycles. The predicted octanol–water partition coefficient (Wildman–Crippen LogP) is -0.402. The lowest BCUT2D eigenvalue weighted by Gasteiger charge is -2.22. The third-order valence-corrected chi connectivity index (χ3v) is 3.09. The minimum absolute atomic E-state index is 0.206. The number of amides is 1. The zero-order chi connectivity index (χ0) is 8.06. The SMILES string of the molecule is [B][B]C1C2CC2(C)CN1C=O. The molecule has 11 heavy (non-hydrogen) atoms. The van der Waals surface area contributed by atoms with Gasteiger partial charge >= 0.3 is 0 Å². The molecule has 0 spiro atoms. The minimum atomic E-state index is 0.206. The Kier molecular flexibility index (Phi) is 1.35. The van der Waals surface area contributed by atoms with Gasteiger partial charge in [0.25, 0.3) is 0 Å². The first-order valence-corrected chi connectivity index (χ1v) is 3.97. The van der Waals surface area contributed by atoms with E-state index in [1.54, 1.807) is 12.1 Å². The predicted molar refractivity (Wildman–Crippen MR) is 44.3 cm³/mol. The Morgan fingerprint density at radius 1 is 1.82 bits per heavy atom. The molecular formula is C7H10B2NO. The quantitative estimate of drug-likeness (QED) is 0.383. The zero-order valence-corrected chi connectivity index (χ0v) is 6.66. The summed E-state index contributed by atoms with van der Waals surface area (Å²) in [5, 5.41) is 0. The summed E-state index contributed by atoms with van der Waals surface area (Å²) < 4.78 is 0. The molecule has 1 amide bonds. The van der Waals surface area contributed by atoms with Crippen molar-refractivity contribution >= 4 is 21.3 Å². The molecule has 1 heterocycles. The topological polar surface area (TPSA) is 20.3 Å². The van der Waals surface area contributed by atoms with Crippen molar-refractivity contribution in [2.45, 2.75) is 19.3 Å². The molecule has 1 saturated heterocycles. The van der Waals surface area contributed by atoms with E-state index in [9.17, 15) is 4.79 Å². The Labute approximate surface area is 69.0 Å². The van der Waals surface area contributed by atoms with Gasteiger partial charge in [-0.25, -0.2) is 0 Å². The number of rotatable bonds is 2. The van der Waals surface area contributed by atoms with E-state index < -0.39 is 0 Å². The molecule has 4 heteroatoms. The molecule has 1 aliphatic heterocycles. The third kappa shape index (κ3) is 0.846. The molecule has 3 radical (unpaired) electrons. The second-order valence-corrected chi connectivity index (χ2v) is 3.93. The maximum absolute atomic E-state index is 10.5. The molecule has 2 fully saturated rings. The number of nitrogens with zero attached hydrogens (tertiary/aromatic N) is 1. The number of carbonyl (C=O) groups is 1. The molecular weight excluding hydrogens is 136 g/mol. The Morgan fingerprint density at radius 2 is 2.55 bits per heavy atom. The Hall–Kier alpha value is -0.400. The molecule has 0 aromatic heterocycles. The van der Waals surface area contributed by atoms with Crippen LogP contribution in [0.25, 0.3) is 0 Å². The van der Waals surface area contributed by atoms with E-state index in [4.69, 9.17) is 7.74 Å². The van der Waals surface area contributed by atoms with Gasteiger partial charge in [-0.05, 0) is 23.7 Å². The van der Waals surface area contributed by atoms with E-state index in [1.807, 2.05) is 0 Å². The Balaban J connectivity index is 2.12. The molecule has 3 atom stereocenters. The van der Waals surface area contributed by atoms with Crippen molar-refractivity contribution in [2.24, 2.45) is 11.3 Å². The van der Waals surface area contributed by atoms with Crippen molar-refractivity contribution in [3.63, 3.8) is 0 Å². The largest absolute Gasteiger partial charge is 0.350 e. The number of piperidine rings is 1. The molecule has 2 nitrogen and oxygen atoms in total. The van der Waals surface area contributed by atoms with E-state index >= 15 is 0 Å². The second kappa shape index (κ2) is 2.05. The van der Waals surface area contributed by atoms with Gasteiger partial charge in [0.2, 0.25) is 6.41 Å². The number of likely N-dealkylation sites (tertiary alicyclic amines) is 1. The van der Waals surface area contributed by atoms with Gasteiger partial charge in [-0.15, -0.1) is 0 Å². The van der Waals surface area contributed by atoms with Gasteiger partial charge in [-0.1, -0.05) is 6.92 Å². The van der Waals surface area contributed by atoms with Crippen LogP contribution in [0.5, 0.6) is 0 Å². The van der Waals surface area contributed by atoms with Crippen molar-refractivity contribution in [3.8, 4) is 0 Å². The minimum Gasteiger partial charge on any atom is -0.350 e. The van der Waals surface area contributed by atoms with E-state index in [1.165, 1.54) is 6.42 Å². The van der Waals surface area contributed by atoms with Crippen LogP contribution in [0.3, 0.4) is 0 Å². The summed E-state index contributed by atoms with van der Waals surface area (Å²) >= 11 is 0. The monoisotopic (exact) mass is 146 g/mol. The lowest BCUT2D eigenvalue weighted by molar-refractivity contribution is -0.118. The van der Waals surface area contributed by atoms with Crippen LogP contribution < -0.4 is 0 Å². The van der Waals surface area contributed by atoms with E-state index in [0.29, 0.717) is 11.3 Å². The van der Waals surface area contributed by atoms with Crippen molar-refractivity contribution in [1.82, 2.24) is 4.90 Å². The maximum Gasteiger partial charge on any atom is 0.209 e. The lowest BCUT2D eigenvalue weighted by Crippen LogP contribution is -2.37. The van der Waals surface area contributed by atoms with Gasteiger partial charge < -0.3 is 4.90 Å². The average Bonchev–Trinajstić information content (AvgIpc) is 2.56. The second-order valence-electron chi connectivity index (χ2n) is 3.93. The molecule has 3 unspecified atom stereocenters. The van der Waals surface area contributed by atoms with Crippen LogP contribution >= 0.6 is 0 Å². The van der Waals surface area contributed by atoms with Crippen LogP contribution in [-0.4, -0.2) is 38.7 Å². The average molecular weight is 146 g/mol. The van der Waals surface area contributed by atoms with Crippen LogP contribution in [0.2, 0.25) is 0 Å². The molecule has 1 saturated carbocycles. The summed E-state index contributed by atoms with van der Waals surface area (Å²) in [7, 11) is 7.10. The van der Waals surface area contributed by atoms with E-state index in [0.717, 1.165) is 13.0 Å². The first-order chi connectivity index (χ1) is 5.21. The highest BCUT2D eigenvalue weighted by Crippen LogP contribution is 2.59. The van der Waals surface area contributed by atoms with Crippen molar-refractivity contribution in [1.29, 1.82) is 0 Å². The number of carbonyl (C=O) groups excluding carboxylic acids is 1. The van der Waals surface area contributed by atoms with Crippen molar-refractivity contribution in [2.75, 3.05) is 6.54 Å². The smallest absolute Gasteiger partial charge is 0.209 e. The highest BCUT2D eigenvalue weighted by atomic mass is 16.1. The van der Waals surface area contributed by atoms with Crippen LogP contribution in [0.4, 0.5) is 0 Å². The van der Waals surface area contributed by atoms with Gasteiger partial charge in [0.15, 0.2) is 0 Å². The van der Waals surface area contributed by atoms with Gasteiger partial charge in [-0.3, -0.25) is 4.79 Å². The first kappa shape index (κ1) is 7.26. The first-order valence-electron chi connectivity index (χ1n) is 3.97. The van der Waals surface area contributed by atoms with Gasteiger partial charge in [-0.2, -0.15) is 0 Å². The molecule has 0 N–H and O–H groups in total. The highest BCUT2D eigenvalue weighted by molar-refractivity contribution is 6.90. The fourth-order valence-electron chi connectivity index (χ4n) is 2.26. The zero-order valence-electron chi connectivity index (χ0n) is 6.66. The van der Waals surface area contributed by atoms with E-state index in [2.05, 4.69) is 6.92 Å². The molecule has 0 bridgehead atoms. The van der Waals surface area contributed by atoms with Crippen LogP contribution in [0, 0.1) is 11.3 Å². The highest BCUT2D eigenvalue weighted by Gasteiger charge is 2.60. The normalized spacial score (nSPS) is 46.8. The molecule has 1 aliphatic carbocycles. The van der Waals surface area contributed by atoms with Gasteiger partial charge in [0.1, 0.15) is 0 Å². The summed E-state index contributed by atoms with van der Waals surface area (Å²) in [5.41, 5.74) is 0.390. The fraction of sp³-hybridized carbons (Fsp3) is 0.857. The molecule has 55 valence electrons. The van der Waals surface area contributed by atoms with Crippen molar-refractivity contribution in [3.05, 3.63) is 0 Å². The molecule has 2 aliphatic rings. The summed E-state index contributed by atoms with van der Waals surface area (Å²) in [6, 6.07) is 0. The standard InChI is InChI=1S/C7H10B2NO/c1-7-2-5(7)6(9-8)10(3-7)4-11/h4-6H,2-3H2,1H3. The number of hydrogen-bond acceptors (Lipinski definition) is 1. The fourth-order valence-corrected chi connectivity index (χ4v) is 2.26. The lowest BCUT2D eigenvalue weighted by atomic mass is 9.49. The molecule has 0 aromatic rings. The van der Waals surface area contributed by atoms with E-state index in [-0.39, 0.29) is 5.94 Å². The number of fused-ring (bicyclic) bond motifs is 1. The summed E-state index contributed by atoms with van der Waals surface area (Å²) in [4.78, 5) is 12.3. The number of hydrogen-bond donors (Lipinski definition) is 0. The Bertz CT molecular complexity index is 199. The van der Waals surface area contributed by atoms with Crippen LogP contribution in [0.1, 0.15) is 13.3 Å². The summed E-state index contributed by atoms with van der Waals surface area (Å²) in [5.74, 6) is 0.843. The van der Waals surface area contributed by atoms with Gasteiger partial charge in [0.05, 0.1) is 7.17 Å². The molecule has 2 rings (SSSR count). The summed E-state index contributed by atoms with van der Waals surface area (Å²) in [6.45, 7) is 3.11. The van der Waals surface area contributed by atoms with Gasteiger partial charge in [0, 0.05) is 14.3 Å². The third-order valence-electron chi connectivity index (χ3n) is 3.09. The van der Waals surface area contributed by atoms with Crippen molar-refractivity contribution < 1.29 is 4.79 Å². The van der Waals surface area contributed by atoms with Crippen LogP contribution in [-0.2, 0) is 4.79 Å². The Morgan fingerprint density at radius 3 is 3.00 bits per heavy atom.